The van der Waals surface area contributed by atoms with Crippen molar-refractivity contribution in [3.8, 4) is 0 Å². The van der Waals surface area contributed by atoms with E-state index in [0.29, 0.717) is 0 Å². The molecule has 0 atom stereocenters. The summed E-state index contributed by atoms with van der Waals surface area (Å²) in [5, 5.41) is 0. The van der Waals surface area contributed by atoms with Gasteiger partial charge in [0.25, 0.3) is 0 Å². The first-order chi connectivity index (χ1) is 6.20. The molecule has 2 heteroatoms. The lowest BCUT2D eigenvalue weighted by Gasteiger charge is -2.19. The number of nitrogens with zero attached hydrogens (tertiary/aromatic N) is 2. The first kappa shape index (κ1) is 8.17. The third-order valence-corrected chi connectivity index (χ3v) is 2.26. The molecule has 0 amide bonds. The van der Waals surface area contributed by atoms with Crippen LogP contribution in [0, 0.1) is 0 Å². The van der Waals surface area contributed by atoms with E-state index in [1.807, 2.05) is 24.4 Å². The molecule has 0 aliphatic carbocycles. The molecule has 1 aliphatic rings. The fourth-order valence-corrected chi connectivity index (χ4v) is 1.52. The molecule has 1 aliphatic heterocycles. The Hall–Kier alpha value is -1.44. The molecular formula is C11H12N2. The van der Waals surface area contributed by atoms with Gasteiger partial charge in [-0.15, -0.1) is 0 Å². The van der Waals surface area contributed by atoms with Gasteiger partial charge in [-0.1, -0.05) is 32.0 Å². The molecule has 0 saturated carbocycles. The maximum Gasteiger partial charge on any atom is 0.115 e. The van der Waals surface area contributed by atoms with E-state index in [4.69, 9.17) is 0 Å². The van der Waals surface area contributed by atoms with Gasteiger partial charge in [0.05, 0.1) is 5.69 Å². The summed E-state index contributed by atoms with van der Waals surface area (Å²) in [5.74, 6) is 0. The molecule has 0 unspecified atom stereocenters. The topological polar surface area (TPSA) is 24.7 Å². The Labute approximate surface area is 78.0 Å². The van der Waals surface area contributed by atoms with Crippen molar-refractivity contribution in [1.82, 2.24) is 0 Å². The van der Waals surface area contributed by atoms with Crippen molar-refractivity contribution in [2.24, 2.45) is 9.98 Å². The zero-order chi connectivity index (χ0) is 9.31. The number of para-hydroxylation sites is 1. The van der Waals surface area contributed by atoms with E-state index in [2.05, 4.69) is 29.9 Å². The quantitative estimate of drug-likeness (QED) is 0.575. The average molecular weight is 172 g/mol. The largest absolute Gasteiger partial charge is 0.248 e. The maximum atomic E-state index is 4.26. The van der Waals surface area contributed by atoms with Crippen LogP contribution in [0.2, 0.25) is 0 Å². The number of rotatable bonds is 0. The molecule has 0 spiro atoms. The van der Waals surface area contributed by atoms with Crippen LogP contribution in [0.3, 0.4) is 0 Å². The molecule has 2 rings (SSSR count). The molecule has 66 valence electrons. The van der Waals surface area contributed by atoms with Crippen molar-refractivity contribution in [2.45, 2.75) is 19.3 Å². The number of hydrogen-bond donors (Lipinski definition) is 0. The summed E-state index contributed by atoms with van der Waals surface area (Å²) >= 11 is 0. The van der Waals surface area contributed by atoms with Crippen LogP contribution in [0.25, 0.3) is 0 Å². The Balaban J connectivity index is 2.64. The van der Waals surface area contributed by atoms with Gasteiger partial charge in [0.1, 0.15) is 6.34 Å². The molecule has 0 saturated heterocycles. The summed E-state index contributed by atoms with van der Waals surface area (Å²) in [5.41, 5.74) is 2.23. The highest BCUT2D eigenvalue weighted by atomic mass is 14.9. The van der Waals surface area contributed by atoms with Crippen LogP contribution in [0.1, 0.15) is 19.4 Å². The summed E-state index contributed by atoms with van der Waals surface area (Å²) in [6.07, 6.45) is 3.54. The number of benzene rings is 1. The van der Waals surface area contributed by atoms with Crippen LogP contribution in [0.15, 0.2) is 34.3 Å². The third kappa shape index (κ3) is 1.39. The Kier molecular flexibility index (Phi) is 1.76. The summed E-state index contributed by atoms with van der Waals surface area (Å²) in [4.78, 5) is 8.38. The minimum atomic E-state index is -0.0207. The van der Waals surface area contributed by atoms with Crippen LogP contribution in [-0.4, -0.2) is 12.6 Å². The molecule has 1 aromatic carbocycles. The first-order valence-electron chi connectivity index (χ1n) is 4.36. The standard InChI is InChI=1S/C11H12N2/c1-11(2)7-12-8-13-10-6-4-3-5-9(10)11/h3-8H,1-2H3. The molecular weight excluding hydrogens is 160 g/mol. The minimum Gasteiger partial charge on any atom is -0.248 e. The summed E-state index contributed by atoms with van der Waals surface area (Å²) in [7, 11) is 0. The Morgan fingerprint density at radius 1 is 1.15 bits per heavy atom. The van der Waals surface area contributed by atoms with E-state index in [9.17, 15) is 0 Å². The van der Waals surface area contributed by atoms with E-state index in [1.165, 1.54) is 5.56 Å². The third-order valence-electron chi connectivity index (χ3n) is 2.26. The van der Waals surface area contributed by atoms with Crippen molar-refractivity contribution in [1.29, 1.82) is 0 Å². The van der Waals surface area contributed by atoms with Gasteiger partial charge < -0.3 is 0 Å². The highest BCUT2D eigenvalue weighted by Gasteiger charge is 2.21. The van der Waals surface area contributed by atoms with Crippen LogP contribution >= 0.6 is 0 Å². The van der Waals surface area contributed by atoms with Gasteiger partial charge in [-0.2, -0.15) is 0 Å². The number of fused-ring (bicyclic) bond motifs is 1. The number of hydrogen-bond acceptors (Lipinski definition) is 2. The highest BCUT2D eigenvalue weighted by molar-refractivity contribution is 5.85. The zero-order valence-electron chi connectivity index (χ0n) is 7.86. The van der Waals surface area contributed by atoms with Gasteiger partial charge >= 0.3 is 0 Å². The van der Waals surface area contributed by atoms with E-state index in [-0.39, 0.29) is 5.41 Å². The second-order valence-corrected chi connectivity index (χ2v) is 3.76. The van der Waals surface area contributed by atoms with Crippen molar-refractivity contribution in [2.75, 3.05) is 0 Å². The van der Waals surface area contributed by atoms with Crippen LogP contribution in [-0.2, 0) is 5.41 Å². The van der Waals surface area contributed by atoms with E-state index in [1.54, 1.807) is 6.34 Å². The maximum absolute atomic E-state index is 4.26. The monoisotopic (exact) mass is 172 g/mol. The second kappa shape index (κ2) is 2.80. The molecule has 2 nitrogen and oxygen atoms in total. The molecule has 1 aromatic rings. The Morgan fingerprint density at radius 2 is 1.92 bits per heavy atom. The summed E-state index contributed by atoms with van der Waals surface area (Å²) in [6, 6.07) is 8.15. The SMILES string of the molecule is CC1(C)C=NC=Nc2ccccc21. The minimum absolute atomic E-state index is 0.0207. The van der Waals surface area contributed by atoms with Gasteiger partial charge in [-0.3, -0.25) is 0 Å². The first-order valence-corrected chi connectivity index (χ1v) is 4.36. The van der Waals surface area contributed by atoms with Gasteiger partial charge in [0.15, 0.2) is 0 Å². The molecule has 0 aromatic heterocycles. The van der Waals surface area contributed by atoms with Gasteiger partial charge in [0, 0.05) is 11.6 Å². The normalized spacial score (nSPS) is 18.0. The zero-order valence-corrected chi connectivity index (χ0v) is 7.86. The lowest BCUT2D eigenvalue weighted by atomic mass is 9.85. The van der Waals surface area contributed by atoms with Crippen molar-refractivity contribution in [3.63, 3.8) is 0 Å². The molecule has 0 bridgehead atoms. The average Bonchev–Trinajstić information content (AvgIpc) is 2.26. The van der Waals surface area contributed by atoms with Crippen molar-refractivity contribution >= 4 is 18.2 Å². The predicted molar refractivity (Wildman–Crippen MR) is 56.1 cm³/mol. The lowest BCUT2D eigenvalue weighted by Crippen LogP contribution is -2.18. The van der Waals surface area contributed by atoms with Crippen LogP contribution in [0.4, 0.5) is 5.69 Å². The molecule has 13 heavy (non-hydrogen) atoms. The Morgan fingerprint density at radius 3 is 2.77 bits per heavy atom. The van der Waals surface area contributed by atoms with E-state index >= 15 is 0 Å². The number of aliphatic imine (C=N–C) groups is 2. The second-order valence-electron chi connectivity index (χ2n) is 3.76. The molecule has 1 heterocycles. The Bertz CT molecular complexity index is 375. The predicted octanol–water partition coefficient (Wildman–Crippen LogP) is 2.71. The van der Waals surface area contributed by atoms with E-state index in [0.717, 1.165) is 5.69 Å². The van der Waals surface area contributed by atoms with Gasteiger partial charge in [-0.05, 0) is 11.6 Å². The molecule has 0 fully saturated rings. The smallest absolute Gasteiger partial charge is 0.115 e. The van der Waals surface area contributed by atoms with Crippen molar-refractivity contribution < 1.29 is 0 Å². The molecule has 0 radical (unpaired) electrons. The summed E-state index contributed by atoms with van der Waals surface area (Å²) in [6.45, 7) is 4.29. The summed E-state index contributed by atoms with van der Waals surface area (Å²) < 4.78 is 0. The highest BCUT2D eigenvalue weighted by Crippen LogP contribution is 2.31. The fourth-order valence-electron chi connectivity index (χ4n) is 1.52. The van der Waals surface area contributed by atoms with E-state index < -0.39 is 0 Å². The fraction of sp³-hybridized carbons (Fsp3) is 0.273. The van der Waals surface area contributed by atoms with Crippen LogP contribution < -0.4 is 0 Å². The lowest BCUT2D eigenvalue weighted by molar-refractivity contribution is 0.739. The molecule has 0 N–H and O–H groups in total. The van der Waals surface area contributed by atoms with Gasteiger partial charge in [-0.25, -0.2) is 9.98 Å². The van der Waals surface area contributed by atoms with Crippen molar-refractivity contribution in [3.05, 3.63) is 29.8 Å². The van der Waals surface area contributed by atoms with Crippen LogP contribution in [0.5, 0.6) is 0 Å². The van der Waals surface area contributed by atoms with Gasteiger partial charge in [0.2, 0.25) is 0 Å².